The van der Waals surface area contributed by atoms with Gasteiger partial charge in [0.25, 0.3) is 0 Å². The second-order valence-electron chi connectivity index (χ2n) is 11.9. The summed E-state index contributed by atoms with van der Waals surface area (Å²) in [6.07, 6.45) is -0.0769. The second-order valence-corrected chi connectivity index (χ2v) is 11.9. The first-order valence-electron chi connectivity index (χ1n) is 14.3. The van der Waals surface area contributed by atoms with E-state index < -0.39 is 29.8 Å². The number of fused-ring (bicyclic) bond motifs is 4. The molecule has 4 aromatic rings. The van der Waals surface area contributed by atoms with Crippen LogP contribution in [0, 0.1) is 0 Å². The quantitative estimate of drug-likeness (QED) is 0.235. The fraction of sp³-hybridized carbons (Fsp3) is 0.324. The number of nitrogens with zero attached hydrogens (tertiary/aromatic N) is 1. The van der Waals surface area contributed by atoms with Crippen molar-refractivity contribution in [3.63, 3.8) is 0 Å². The number of carboxylic acid groups (broad SMARTS) is 1. The smallest absolute Gasteiger partial charge is 0.419 e. The van der Waals surface area contributed by atoms with Crippen molar-refractivity contribution in [3.05, 3.63) is 89.6 Å². The number of hydrogen-bond donors (Lipinski definition) is 2. The van der Waals surface area contributed by atoms with E-state index in [9.17, 15) is 19.5 Å². The third kappa shape index (κ3) is 6.51. The van der Waals surface area contributed by atoms with Crippen LogP contribution < -0.4 is 10.1 Å². The summed E-state index contributed by atoms with van der Waals surface area (Å²) in [5, 5.41) is 13.2. The van der Waals surface area contributed by atoms with Gasteiger partial charge in [0.05, 0.1) is 11.6 Å². The van der Waals surface area contributed by atoms with Crippen molar-refractivity contribution in [2.45, 2.75) is 64.7 Å². The van der Waals surface area contributed by atoms with Gasteiger partial charge in [-0.3, -0.25) is 4.57 Å². The standard InChI is InChI=1S/C34H36N2O7/c1-20(2)42-22-14-15-30-27(17-22)21(18-36(30)33(40)43-34(3,4)5)16-29(31(37)38)35-32(39)41-19-28-25-12-8-6-10-23(25)24-11-7-9-13-26(24)28/h6-15,17-18,20,28-29H,16,19H2,1-5H3,(H,35,39)(H,37,38)/t29-/m0/s1. The summed E-state index contributed by atoms with van der Waals surface area (Å²) < 4.78 is 18.4. The fourth-order valence-corrected chi connectivity index (χ4v) is 5.45. The van der Waals surface area contributed by atoms with E-state index in [0.717, 1.165) is 22.3 Å². The third-order valence-corrected chi connectivity index (χ3v) is 7.18. The van der Waals surface area contributed by atoms with Crippen LogP contribution in [0.1, 0.15) is 57.2 Å². The van der Waals surface area contributed by atoms with Crippen molar-refractivity contribution in [2.75, 3.05) is 6.61 Å². The molecule has 0 saturated heterocycles. The number of carboxylic acids is 1. The molecule has 1 amide bonds. The van der Waals surface area contributed by atoms with E-state index in [1.807, 2.05) is 62.4 Å². The molecule has 1 atom stereocenters. The van der Waals surface area contributed by atoms with Crippen LogP contribution in [-0.2, 0) is 20.7 Å². The van der Waals surface area contributed by atoms with E-state index in [-0.39, 0.29) is 25.0 Å². The van der Waals surface area contributed by atoms with Gasteiger partial charge in [-0.05, 0) is 80.6 Å². The molecule has 1 aliphatic rings. The summed E-state index contributed by atoms with van der Waals surface area (Å²) in [6, 6.07) is 19.9. The molecule has 2 N–H and O–H groups in total. The molecule has 1 heterocycles. The maximum atomic E-state index is 13.0. The van der Waals surface area contributed by atoms with E-state index in [1.165, 1.54) is 4.57 Å². The summed E-state index contributed by atoms with van der Waals surface area (Å²) in [7, 11) is 0. The summed E-state index contributed by atoms with van der Waals surface area (Å²) >= 11 is 0. The van der Waals surface area contributed by atoms with Gasteiger partial charge in [-0.1, -0.05) is 48.5 Å². The number of rotatable bonds is 8. The number of amides is 1. The Labute approximate surface area is 250 Å². The molecule has 224 valence electrons. The highest BCUT2D eigenvalue weighted by atomic mass is 16.6. The lowest BCUT2D eigenvalue weighted by atomic mass is 9.98. The molecule has 0 saturated carbocycles. The lowest BCUT2D eigenvalue weighted by molar-refractivity contribution is -0.139. The molecule has 0 fully saturated rings. The SMILES string of the molecule is CC(C)Oc1ccc2c(c1)c(C[C@H](NC(=O)OCC1c3ccccc3-c3ccccc31)C(=O)O)cn2C(=O)OC(C)(C)C. The minimum Gasteiger partial charge on any atom is -0.491 e. The van der Waals surface area contributed by atoms with Crippen LogP contribution in [0.25, 0.3) is 22.0 Å². The zero-order valence-corrected chi connectivity index (χ0v) is 24.9. The van der Waals surface area contributed by atoms with Crippen LogP contribution in [0.5, 0.6) is 5.75 Å². The monoisotopic (exact) mass is 584 g/mol. The Morgan fingerprint density at radius 1 is 0.953 bits per heavy atom. The highest BCUT2D eigenvalue weighted by molar-refractivity contribution is 5.93. The first-order valence-corrected chi connectivity index (χ1v) is 14.3. The molecule has 5 rings (SSSR count). The minimum absolute atomic E-state index is 0.0556. The molecule has 43 heavy (non-hydrogen) atoms. The Balaban J connectivity index is 1.36. The van der Waals surface area contributed by atoms with Gasteiger partial charge in [0.15, 0.2) is 0 Å². The molecule has 0 bridgehead atoms. The minimum atomic E-state index is -1.32. The van der Waals surface area contributed by atoms with Gasteiger partial charge in [0, 0.05) is 23.9 Å². The predicted octanol–water partition coefficient (Wildman–Crippen LogP) is 6.75. The number of hydrogen-bond acceptors (Lipinski definition) is 6. The van der Waals surface area contributed by atoms with Gasteiger partial charge in [-0.2, -0.15) is 0 Å². The molecule has 9 nitrogen and oxygen atoms in total. The number of benzene rings is 3. The Kier molecular flexibility index (Phi) is 8.17. The fourth-order valence-electron chi connectivity index (χ4n) is 5.45. The van der Waals surface area contributed by atoms with Crippen molar-refractivity contribution >= 4 is 29.1 Å². The van der Waals surface area contributed by atoms with Crippen LogP contribution >= 0.6 is 0 Å². The maximum absolute atomic E-state index is 13.0. The van der Waals surface area contributed by atoms with Gasteiger partial charge >= 0.3 is 18.2 Å². The number of aliphatic carboxylic acids is 1. The molecular formula is C34H36N2O7. The second kappa shape index (κ2) is 11.8. The number of aromatic nitrogens is 1. The van der Waals surface area contributed by atoms with Gasteiger partial charge in [-0.25, -0.2) is 14.4 Å². The molecule has 9 heteroatoms. The Morgan fingerprint density at radius 2 is 1.58 bits per heavy atom. The van der Waals surface area contributed by atoms with Gasteiger partial charge in [0.2, 0.25) is 0 Å². The lowest BCUT2D eigenvalue weighted by Crippen LogP contribution is -2.42. The summed E-state index contributed by atoms with van der Waals surface area (Å²) in [5.74, 6) is -0.823. The number of ether oxygens (including phenoxy) is 3. The van der Waals surface area contributed by atoms with Gasteiger partial charge < -0.3 is 24.6 Å². The Hall–Kier alpha value is -4.79. The number of nitrogens with one attached hydrogen (secondary N) is 1. The van der Waals surface area contributed by atoms with E-state index in [2.05, 4.69) is 5.32 Å². The van der Waals surface area contributed by atoms with E-state index >= 15 is 0 Å². The number of carbonyl (C=O) groups excluding carboxylic acids is 2. The lowest BCUT2D eigenvalue weighted by Gasteiger charge is -2.19. The molecular weight excluding hydrogens is 548 g/mol. The number of carbonyl (C=O) groups is 3. The molecule has 0 spiro atoms. The highest BCUT2D eigenvalue weighted by Crippen LogP contribution is 2.44. The van der Waals surface area contributed by atoms with Gasteiger partial charge in [-0.15, -0.1) is 0 Å². The molecule has 1 aliphatic carbocycles. The average molecular weight is 585 g/mol. The number of alkyl carbamates (subject to hydrolysis) is 1. The van der Waals surface area contributed by atoms with Crippen LogP contribution in [0.15, 0.2) is 72.9 Å². The van der Waals surface area contributed by atoms with E-state index in [1.54, 1.807) is 45.2 Å². The summed E-state index contributed by atoms with van der Waals surface area (Å²) in [5.41, 5.74) is 4.63. The molecule has 0 radical (unpaired) electrons. The zero-order valence-electron chi connectivity index (χ0n) is 24.9. The molecule has 0 unspecified atom stereocenters. The first kappa shape index (κ1) is 29.7. The van der Waals surface area contributed by atoms with E-state index in [4.69, 9.17) is 14.2 Å². The highest BCUT2D eigenvalue weighted by Gasteiger charge is 2.30. The predicted molar refractivity (Wildman–Crippen MR) is 163 cm³/mol. The summed E-state index contributed by atoms with van der Waals surface area (Å²) in [4.78, 5) is 38.3. The Bertz CT molecular complexity index is 1640. The maximum Gasteiger partial charge on any atom is 0.419 e. The largest absolute Gasteiger partial charge is 0.491 e. The summed E-state index contributed by atoms with van der Waals surface area (Å²) in [6.45, 7) is 9.16. The van der Waals surface area contributed by atoms with Crippen molar-refractivity contribution < 1.29 is 33.7 Å². The van der Waals surface area contributed by atoms with Crippen molar-refractivity contribution in [1.82, 2.24) is 9.88 Å². The third-order valence-electron chi connectivity index (χ3n) is 7.18. The Morgan fingerprint density at radius 3 is 2.16 bits per heavy atom. The molecule has 1 aromatic heterocycles. The van der Waals surface area contributed by atoms with Crippen LogP contribution in [0.4, 0.5) is 9.59 Å². The average Bonchev–Trinajstić information content (AvgIpc) is 3.45. The van der Waals surface area contributed by atoms with Crippen molar-refractivity contribution in [2.24, 2.45) is 0 Å². The van der Waals surface area contributed by atoms with Crippen LogP contribution in [0.3, 0.4) is 0 Å². The first-order chi connectivity index (χ1) is 20.4. The van der Waals surface area contributed by atoms with Crippen molar-refractivity contribution in [3.8, 4) is 16.9 Å². The van der Waals surface area contributed by atoms with Gasteiger partial charge in [0.1, 0.15) is 24.0 Å². The zero-order chi connectivity index (χ0) is 30.9. The molecule has 0 aliphatic heterocycles. The molecule has 3 aromatic carbocycles. The van der Waals surface area contributed by atoms with Crippen molar-refractivity contribution in [1.29, 1.82) is 0 Å². The van der Waals surface area contributed by atoms with Crippen LogP contribution in [0.2, 0.25) is 0 Å². The van der Waals surface area contributed by atoms with E-state index in [0.29, 0.717) is 22.2 Å². The topological polar surface area (TPSA) is 116 Å². The van der Waals surface area contributed by atoms with Crippen LogP contribution in [-0.4, -0.2) is 52.2 Å². The normalized spacial score (nSPS) is 13.3.